The molecule has 3 fully saturated rings. The number of carbonyl (C=O) groups is 2. The molecule has 130 valence electrons. The molecule has 0 unspecified atom stereocenters. The molecule has 1 amide bonds. The van der Waals surface area contributed by atoms with Crippen LogP contribution in [0.2, 0.25) is 0 Å². The van der Waals surface area contributed by atoms with Crippen molar-refractivity contribution in [2.45, 2.75) is 90.8 Å². The van der Waals surface area contributed by atoms with E-state index in [0.717, 1.165) is 32.1 Å². The van der Waals surface area contributed by atoms with E-state index in [1.54, 1.807) is 0 Å². The predicted octanol–water partition coefficient (Wildman–Crippen LogP) is 2.81. The summed E-state index contributed by atoms with van der Waals surface area (Å²) in [5, 5.41) is 6.90. The zero-order chi connectivity index (χ0) is 17.3. The molecule has 1 aliphatic heterocycles. The van der Waals surface area contributed by atoms with Crippen LogP contribution in [0.4, 0.5) is 0 Å². The maximum atomic E-state index is 13.1. The van der Waals surface area contributed by atoms with Gasteiger partial charge in [0.1, 0.15) is 5.41 Å². The molecule has 0 aromatic rings. The molecule has 2 N–H and O–H groups in total. The summed E-state index contributed by atoms with van der Waals surface area (Å²) in [5.41, 5.74) is -1.08. The SMILES string of the molecule is CC1(C)CC(NC(=O)[C@]23CC[C@H](C2)C(C)(C)C3=O)CC(C)(C)N1. The van der Waals surface area contributed by atoms with Crippen molar-refractivity contribution >= 4 is 11.7 Å². The number of piperidine rings is 1. The largest absolute Gasteiger partial charge is 0.352 e. The van der Waals surface area contributed by atoms with Crippen LogP contribution in [0.25, 0.3) is 0 Å². The minimum atomic E-state index is -0.743. The fraction of sp³-hybridized carbons (Fsp3) is 0.895. The number of carbonyl (C=O) groups excluding carboxylic acids is 2. The van der Waals surface area contributed by atoms with Crippen molar-refractivity contribution in [3.05, 3.63) is 0 Å². The summed E-state index contributed by atoms with van der Waals surface area (Å²) in [6.45, 7) is 12.8. The first kappa shape index (κ1) is 16.9. The Kier molecular flexibility index (Phi) is 3.54. The monoisotopic (exact) mass is 320 g/mol. The van der Waals surface area contributed by atoms with E-state index < -0.39 is 5.41 Å². The molecule has 4 nitrogen and oxygen atoms in total. The number of rotatable bonds is 2. The van der Waals surface area contributed by atoms with E-state index in [0.29, 0.717) is 5.92 Å². The second-order valence-electron chi connectivity index (χ2n) is 10.0. The second kappa shape index (κ2) is 4.81. The topological polar surface area (TPSA) is 58.2 Å². The molecule has 4 heteroatoms. The van der Waals surface area contributed by atoms with E-state index in [1.165, 1.54) is 0 Å². The van der Waals surface area contributed by atoms with Crippen LogP contribution < -0.4 is 10.6 Å². The van der Waals surface area contributed by atoms with E-state index in [9.17, 15) is 9.59 Å². The van der Waals surface area contributed by atoms with Gasteiger partial charge in [-0.05, 0) is 65.7 Å². The quantitative estimate of drug-likeness (QED) is 0.769. The maximum Gasteiger partial charge on any atom is 0.233 e. The fourth-order valence-electron chi connectivity index (χ4n) is 5.73. The first-order valence-corrected chi connectivity index (χ1v) is 9.03. The fourth-order valence-corrected chi connectivity index (χ4v) is 5.73. The Labute approximate surface area is 140 Å². The summed E-state index contributed by atoms with van der Waals surface area (Å²) in [6.07, 6.45) is 4.31. The van der Waals surface area contributed by atoms with Gasteiger partial charge in [-0.2, -0.15) is 0 Å². The van der Waals surface area contributed by atoms with Gasteiger partial charge in [0.2, 0.25) is 5.91 Å². The van der Waals surface area contributed by atoms with Crippen molar-refractivity contribution in [2.24, 2.45) is 16.7 Å². The van der Waals surface area contributed by atoms with Gasteiger partial charge in [-0.3, -0.25) is 9.59 Å². The van der Waals surface area contributed by atoms with Crippen LogP contribution >= 0.6 is 0 Å². The van der Waals surface area contributed by atoms with Crippen LogP contribution in [-0.4, -0.2) is 28.8 Å². The third-order valence-electron chi connectivity index (χ3n) is 6.51. The first-order chi connectivity index (χ1) is 10.4. The lowest BCUT2D eigenvalue weighted by molar-refractivity contribution is -0.145. The lowest BCUT2D eigenvalue weighted by Crippen LogP contribution is -2.63. The minimum Gasteiger partial charge on any atom is -0.352 e. The number of nitrogens with one attached hydrogen (secondary N) is 2. The highest BCUT2D eigenvalue weighted by molar-refractivity contribution is 6.10. The van der Waals surface area contributed by atoms with Crippen molar-refractivity contribution < 1.29 is 9.59 Å². The van der Waals surface area contributed by atoms with E-state index in [1.807, 2.05) is 13.8 Å². The van der Waals surface area contributed by atoms with Gasteiger partial charge in [0.15, 0.2) is 5.78 Å². The molecule has 0 aromatic heterocycles. The molecule has 2 saturated carbocycles. The second-order valence-corrected chi connectivity index (χ2v) is 10.0. The molecule has 1 saturated heterocycles. The molecule has 1 heterocycles. The molecule has 2 aliphatic carbocycles. The van der Waals surface area contributed by atoms with Crippen molar-refractivity contribution in [1.82, 2.24) is 10.6 Å². The van der Waals surface area contributed by atoms with Crippen LogP contribution in [0.3, 0.4) is 0 Å². The van der Waals surface area contributed by atoms with E-state index >= 15 is 0 Å². The Morgan fingerprint density at radius 1 is 1.04 bits per heavy atom. The van der Waals surface area contributed by atoms with Crippen LogP contribution in [0.5, 0.6) is 0 Å². The lowest BCUT2D eigenvalue weighted by atomic mass is 9.70. The molecule has 2 bridgehead atoms. The summed E-state index contributed by atoms with van der Waals surface area (Å²) in [5.74, 6) is 0.543. The molecule has 0 spiro atoms. The summed E-state index contributed by atoms with van der Waals surface area (Å²) >= 11 is 0. The predicted molar refractivity (Wildman–Crippen MR) is 91.0 cm³/mol. The summed E-state index contributed by atoms with van der Waals surface area (Å²) in [7, 11) is 0. The highest BCUT2D eigenvalue weighted by Crippen LogP contribution is 2.60. The van der Waals surface area contributed by atoms with Crippen molar-refractivity contribution in [3.8, 4) is 0 Å². The number of Topliss-reactive ketones (excluding diaryl/α,β-unsaturated/α-hetero) is 1. The maximum absolute atomic E-state index is 13.1. The zero-order valence-electron chi connectivity index (χ0n) is 15.5. The summed E-state index contributed by atoms with van der Waals surface area (Å²) in [4.78, 5) is 25.9. The van der Waals surface area contributed by atoms with Crippen molar-refractivity contribution in [3.63, 3.8) is 0 Å². The Hall–Kier alpha value is -0.900. The van der Waals surface area contributed by atoms with Gasteiger partial charge < -0.3 is 10.6 Å². The van der Waals surface area contributed by atoms with Crippen LogP contribution in [0.15, 0.2) is 0 Å². The average Bonchev–Trinajstić information content (AvgIpc) is 2.86. The number of amides is 1. The van der Waals surface area contributed by atoms with Gasteiger partial charge in [-0.15, -0.1) is 0 Å². The normalized spacial score (nSPS) is 37.8. The number of fused-ring (bicyclic) bond motifs is 2. The summed E-state index contributed by atoms with van der Waals surface area (Å²) < 4.78 is 0. The van der Waals surface area contributed by atoms with Gasteiger partial charge in [0.25, 0.3) is 0 Å². The van der Waals surface area contributed by atoms with Crippen LogP contribution in [0.1, 0.15) is 73.6 Å². The molecule has 2 atom stereocenters. The molecule has 0 aromatic carbocycles. The molecule has 0 radical (unpaired) electrons. The molecule has 3 rings (SSSR count). The van der Waals surface area contributed by atoms with E-state index in [2.05, 4.69) is 38.3 Å². The Morgan fingerprint density at radius 3 is 2.09 bits per heavy atom. The Bertz CT molecular complexity index is 534. The Morgan fingerprint density at radius 2 is 1.61 bits per heavy atom. The summed E-state index contributed by atoms with van der Waals surface area (Å²) in [6, 6.07) is 0.138. The third-order valence-corrected chi connectivity index (χ3v) is 6.51. The van der Waals surface area contributed by atoms with Gasteiger partial charge in [0, 0.05) is 22.5 Å². The zero-order valence-corrected chi connectivity index (χ0v) is 15.5. The highest BCUT2D eigenvalue weighted by atomic mass is 16.2. The standard InChI is InChI=1S/C19H32N2O2/c1-16(2)10-13(11-17(3,4)21-16)20-15(23)19-8-7-12(9-19)18(5,6)14(19)22/h12-13,21H,7-11H2,1-6H3,(H,20,23)/t12-,19-/m1/s1. The third kappa shape index (κ3) is 2.63. The van der Waals surface area contributed by atoms with E-state index in [4.69, 9.17) is 0 Å². The first-order valence-electron chi connectivity index (χ1n) is 9.03. The molecular weight excluding hydrogens is 288 g/mol. The lowest BCUT2D eigenvalue weighted by Gasteiger charge is -2.47. The van der Waals surface area contributed by atoms with E-state index in [-0.39, 0.29) is 34.2 Å². The number of hydrogen-bond acceptors (Lipinski definition) is 3. The van der Waals surface area contributed by atoms with Gasteiger partial charge in [0.05, 0.1) is 0 Å². The Balaban J connectivity index is 1.76. The number of hydrogen-bond donors (Lipinski definition) is 2. The average molecular weight is 320 g/mol. The highest BCUT2D eigenvalue weighted by Gasteiger charge is 2.65. The van der Waals surface area contributed by atoms with Gasteiger partial charge in [-0.1, -0.05) is 13.8 Å². The van der Waals surface area contributed by atoms with Crippen molar-refractivity contribution in [2.75, 3.05) is 0 Å². The molecule has 23 heavy (non-hydrogen) atoms. The molecular formula is C19H32N2O2. The van der Waals surface area contributed by atoms with Gasteiger partial charge in [-0.25, -0.2) is 0 Å². The minimum absolute atomic E-state index is 0.00543. The van der Waals surface area contributed by atoms with Gasteiger partial charge >= 0.3 is 0 Å². The number of ketones is 1. The van der Waals surface area contributed by atoms with Crippen LogP contribution in [0, 0.1) is 16.7 Å². The van der Waals surface area contributed by atoms with Crippen LogP contribution in [-0.2, 0) is 9.59 Å². The molecule has 3 aliphatic rings. The van der Waals surface area contributed by atoms with Crippen molar-refractivity contribution in [1.29, 1.82) is 0 Å². The smallest absolute Gasteiger partial charge is 0.233 e.